The Kier molecular flexibility index (Phi) is 6.46. The molecule has 17 heavy (non-hydrogen) atoms. The van der Waals surface area contributed by atoms with Crippen LogP contribution in [0, 0.1) is 6.92 Å². The van der Waals surface area contributed by atoms with E-state index in [1.165, 1.54) is 36.1 Å². The van der Waals surface area contributed by atoms with E-state index in [1.807, 2.05) is 6.08 Å². The third kappa shape index (κ3) is 5.08. The number of allylic oxidation sites excluding steroid dienone is 1. The molecule has 0 radical (unpaired) electrons. The molecule has 1 nitrogen and oxygen atoms in total. The minimum atomic E-state index is 1.07. The first-order valence-corrected chi connectivity index (χ1v) is 6.72. The zero-order valence-corrected chi connectivity index (χ0v) is 11.3. The van der Waals surface area contributed by atoms with Gasteiger partial charge in [0.2, 0.25) is 0 Å². The molecule has 1 aromatic carbocycles. The van der Waals surface area contributed by atoms with Gasteiger partial charge in [0.25, 0.3) is 0 Å². The monoisotopic (exact) mass is 231 g/mol. The van der Waals surface area contributed by atoms with E-state index < -0.39 is 0 Å². The van der Waals surface area contributed by atoms with Gasteiger partial charge in [-0.1, -0.05) is 25.5 Å². The third-order valence-corrected chi connectivity index (χ3v) is 3.14. The first kappa shape index (κ1) is 13.8. The summed E-state index contributed by atoms with van der Waals surface area (Å²) in [6, 6.07) is 6.67. The lowest BCUT2D eigenvalue weighted by Crippen LogP contribution is -2.02. The van der Waals surface area contributed by atoms with Crippen molar-refractivity contribution in [2.75, 3.05) is 11.9 Å². The van der Waals surface area contributed by atoms with E-state index in [2.05, 4.69) is 43.9 Å². The fraction of sp³-hybridized carbons (Fsp3) is 0.500. The second-order valence-corrected chi connectivity index (χ2v) is 4.56. The summed E-state index contributed by atoms with van der Waals surface area (Å²) in [6.07, 6.45) is 8.05. The van der Waals surface area contributed by atoms with Gasteiger partial charge in [0.15, 0.2) is 0 Å². The predicted octanol–water partition coefficient (Wildman–Crippen LogP) is 4.72. The third-order valence-electron chi connectivity index (χ3n) is 3.14. The Morgan fingerprint density at radius 3 is 2.71 bits per heavy atom. The molecule has 0 aliphatic heterocycles. The van der Waals surface area contributed by atoms with Gasteiger partial charge in [0.05, 0.1) is 0 Å². The lowest BCUT2D eigenvalue weighted by Gasteiger charge is -2.09. The molecule has 94 valence electrons. The number of hydrogen-bond acceptors (Lipinski definition) is 1. The van der Waals surface area contributed by atoms with Crippen LogP contribution < -0.4 is 5.32 Å². The number of nitrogens with one attached hydrogen (secondary N) is 1. The first-order chi connectivity index (χ1) is 8.27. The van der Waals surface area contributed by atoms with Crippen molar-refractivity contribution >= 4 is 5.69 Å². The van der Waals surface area contributed by atoms with E-state index in [4.69, 9.17) is 0 Å². The highest BCUT2D eigenvalue weighted by atomic mass is 14.9. The number of anilines is 1. The van der Waals surface area contributed by atoms with Crippen LogP contribution in [0.5, 0.6) is 0 Å². The van der Waals surface area contributed by atoms with E-state index >= 15 is 0 Å². The highest BCUT2D eigenvalue weighted by molar-refractivity contribution is 5.48. The molecule has 0 heterocycles. The number of unbranched alkanes of at least 4 members (excludes halogenated alkanes) is 3. The number of benzene rings is 1. The minimum Gasteiger partial charge on any atom is -0.385 e. The topological polar surface area (TPSA) is 12.0 Å². The van der Waals surface area contributed by atoms with Crippen LogP contribution in [0.25, 0.3) is 0 Å². The van der Waals surface area contributed by atoms with Crippen molar-refractivity contribution in [2.45, 2.75) is 46.0 Å². The second-order valence-electron chi connectivity index (χ2n) is 4.56. The molecular weight excluding hydrogens is 206 g/mol. The average molecular weight is 231 g/mol. The van der Waals surface area contributed by atoms with Crippen molar-refractivity contribution < 1.29 is 0 Å². The molecule has 1 N–H and O–H groups in total. The number of rotatable bonds is 8. The van der Waals surface area contributed by atoms with Crippen LogP contribution in [-0.2, 0) is 6.42 Å². The van der Waals surface area contributed by atoms with Gasteiger partial charge in [-0.2, -0.15) is 0 Å². The Labute approximate surface area is 106 Å². The van der Waals surface area contributed by atoms with Gasteiger partial charge in [-0.15, -0.1) is 6.58 Å². The molecule has 0 bridgehead atoms. The Bertz CT molecular complexity index is 341. The molecule has 0 saturated carbocycles. The van der Waals surface area contributed by atoms with Gasteiger partial charge >= 0.3 is 0 Å². The zero-order chi connectivity index (χ0) is 12.5. The number of hydrogen-bond donors (Lipinski definition) is 1. The van der Waals surface area contributed by atoms with Crippen molar-refractivity contribution in [2.24, 2.45) is 0 Å². The van der Waals surface area contributed by atoms with Gasteiger partial charge < -0.3 is 5.32 Å². The standard InChI is InChI=1S/C16H25N/c1-4-6-7-8-9-12-17-16-11-10-15(5-2)14(3)13-16/h4,10-11,13,17H,1,5-9,12H2,2-3H3. The Hall–Kier alpha value is -1.24. The van der Waals surface area contributed by atoms with Crippen molar-refractivity contribution in [3.05, 3.63) is 42.0 Å². The van der Waals surface area contributed by atoms with Gasteiger partial charge in [0, 0.05) is 12.2 Å². The molecule has 0 unspecified atom stereocenters. The Morgan fingerprint density at radius 2 is 2.06 bits per heavy atom. The maximum absolute atomic E-state index is 3.74. The summed E-state index contributed by atoms with van der Waals surface area (Å²) in [6.45, 7) is 9.20. The largest absolute Gasteiger partial charge is 0.385 e. The van der Waals surface area contributed by atoms with Crippen LogP contribution >= 0.6 is 0 Å². The van der Waals surface area contributed by atoms with Crippen LogP contribution in [0.4, 0.5) is 5.69 Å². The van der Waals surface area contributed by atoms with Crippen LogP contribution in [0.3, 0.4) is 0 Å². The zero-order valence-electron chi connectivity index (χ0n) is 11.3. The molecule has 0 aromatic heterocycles. The van der Waals surface area contributed by atoms with E-state index in [-0.39, 0.29) is 0 Å². The van der Waals surface area contributed by atoms with Crippen molar-refractivity contribution in [3.8, 4) is 0 Å². The van der Waals surface area contributed by atoms with Crippen LogP contribution in [0.1, 0.15) is 43.7 Å². The normalized spacial score (nSPS) is 10.2. The lowest BCUT2D eigenvalue weighted by atomic mass is 10.1. The molecule has 0 amide bonds. The predicted molar refractivity (Wildman–Crippen MR) is 77.7 cm³/mol. The molecule has 1 rings (SSSR count). The van der Waals surface area contributed by atoms with Gasteiger partial charge in [-0.3, -0.25) is 0 Å². The highest BCUT2D eigenvalue weighted by Crippen LogP contribution is 2.15. The SMILES string of the molecule is C=CCCCCCNc1ccc(CC)c(C)c1. The van der Waals surface area contributed by atoms with E-state index in [0.717, 1.165) is 19.4 Å². The average Bonchev–Trinajstić information content (AvgIpc) is 2.34. The Balaban J connectivity index is 2.27. The summed E-state index contributed by atoms with van der Waals surface area (Å²) < 4.78 is 0. The molecule has 0 fully saturated rings. The quantitative estimate of drug-likeness (QED) is 0.504. The van der Waals surface area contributed by atoms with E-state index in [0.29, 0.717) is 0 Å². The maximum atomic E-state index is 3.74. The molecule has 0 aliphatic rings. The molecule has 1 heteroatoms. The number of aryl methyl sites for hydroxylation is 2. The lowest BCUT2D eigenvalue weighted by molar-refractivity contribution is 0.709. The fourth-order valence-corrected chi connectivity index (χ4v) is 2.03. The molecule has 0 atom stereocenters. The molecular formula is C16H25N. The van der Waals surface area contributed by atoms with E-state index in [9.17, 15) is 0 Å². The minimum absolute atomic E-state index is 1.07. The molecule has 0 saturated heterocycles. The molecule has 1 aromatic rings. The summed E-state index contributed by atoms with van der Waals surface area (Å²) in [5.41, 5.74) is 4.09. The fourth-order valence-electron chi connectivity index (χ4n) is 2.03. The molecule has 0 spiro atoms. The van der Waals surface area contributed by atoms with Crippen LogP contribution in [0.15, 0.2) is 30.9 Å². The van der Waals surface area contributed by atoms with Gasteiger partial charge in [-0.25, -0.2) is 0 Å². The van der Waals surface area contributed by atoms with Crippen molar-refractivity contribution in [3.63, 3.8) is 0 Å². The Morgan fingerprint density at radius 1 is 1.24 bits per heavy atom. The smallest absolute Gasteiger partial charge is 0.0343 e. The highest BCUT2D eigenvalue weighted by Gasteiger charge is 1.97. The first-order valence-electron chi connectivity index (χ1n) is 6.72. The van der Waals surface area contributed by atoms with Gasteiger partial charge in [0.1, 0.15) is 0 Å². The second kappa shape index (κ2) is 7.94. The van der Waals surface area contributed by atoms with Crippen molar-refractivity contribution in [1.82, 2.24) is 0 Å². The van der Waals surface area contributed by atoms with Crippen molar-refractivity contribution in [1.29, 1.82) is 0 Å². The summed E-state index contributed by atoms with van der Waals surface area (Å²) >= 11 is 0. The summed E-state index contributed by atoms with van der Waals surface area (Å²) in [4.78, 5) is 0. The maximum Gasteiger partial charge on any atom is 0.0343 e. The van der Waals surface area contributed by atoms with Crippen LogP contribution in [-0.4, -0.2) is 6.54 Å². The van der Waals surface area contributed by atoms with Gasteiger partial charge in [-0.05, 0) is 55.9 Å². The van der Waals surface area contributed by atoms with Crippen LogP contribution in [0.2, 0.25) is 0 Å². The molecule has 0 aliphatic carbocycles. The summed E-state index contributed by atoms with van der Waals surface area (Å²) in [7, 11) is 0. The van der Waals surface area contributed by atoms with E-state index in [1.54, 1.807) is 0 Å². The summed E-state index contributed by atoms with van der Waals surface area (Å²) in [5, 5.41) is 3.49. The summed E-state index contributed by atoms with van der Waals surface area (Å²) in [5.74, 6) is 0.